The fourth-order valence-electron chi connectivity index (χ4n) is 3.07. The molecule has 0 spiro atoms. The molecule has 0 amide bonds. The molecule has 0 radical (unpaired) electrons. The second-order valence-corrected chi connectivity index (χ2v) is 5.88. The van der Waals surface area contributed by atoms with Crippen LogP contribution in [0.5, 0.6) is 0 Å². The number of piperidine rings is 1. The van der Waals surface area contributed by atoms with E-state index in [1.807, 2.05) is 18.2 Å². The van der Waals surface area contributed by atoms with Crippen LogP contribution in [0.1, 0.15) is 38.5 Å². The summed E-state index contributed by atoms with van der Waals surface area (Å²) in [6.45, 7) is 4.27. The van der Waals surface area contributed by atoms with Gasteiger partial charge in [0.2, 0.25) is 5.89 Å². The molecule has 0 bridgehead atoms. The maximum Gasteiger partial charge on any atom is 0.202 e. The molecular formula is C15H19ClN2O. The zero-order valence-electron chi connectivity index (χ0n) is 11.2. The molecule has 1 unspecified atom stereocenters. The number of benzene rings is 1. The van der Waals surface area contributed by atoms with Crippen molar-refractivity contribution in [3.8, 4) is 0 Å². The highest BCUT2D eigenvalue weighted by Crippen LogP contribution is 2.37. The number of rotatable bonds is 3. The van der Waals surface area contributed by atoms with Gasteiger partial charge in [0.25, 0.3) is 0 Å². The summed E-state index contributed by atoms with van der Waals surface area (Å²) in [7, 11) is 0. The minimum absolute atomic E-state index is 0.0541. The summed E-state index contributed by atoms with van der Waals surface area (Å²) in [5, 5.41) is 4.18. The van der Waals surface area contributed by atoms with Crippen LogP contribution in [0.25, 0.3) is 11.1 Å². The third-order valence-corrected chi connectivity index (χ3v) is 4.24. The van der Waals surface area contributed by atoms with Gasteiger partial charge < -0.3 is 9.73 Å². The average Bonchev–Trinajstić information content (AvgIpc) is 2.83. The van der Waals surface area contributed by atoms with Crippen LogP contribution in [0.3, 0.4) is 0 Å². The molecule has 0 aliphatic carbocycles. The van der Waals surface area contributed by atoms with E-state index in [4.69, 9.17) is 21.0 Å². The van der Waals surface area contributed by atoms with Crippen molar-refractivity contribution >= 4 is 22.7 Å². The highest BCUT2D eigenvalue weighted by atomic mass is 35.5. The summed E-state index contributed by atoms with van der Waals surface area (Å²) in [5.74, 6) is 0.874. The normalized spacial score (nSPS) is 23.9. The predicted octanol–water partition coefficient (Wildman–Crippen LogP) is 3.90. The number of hydrogen-bond donors (Lipinski definition) is 1. The Hall–Kier alpha value is -1.06. The predicted molar refractivity (Wildman–Crippen MR) is 77.7 cm³/mol. The van der Waals surface area contributed by atoms with E-state index in [1.165, 1.54) is 6.42 Å². The molecule has 1 N–H and O–H groups in total. The number of nitrogens with one attached hydrogen (secondary N) is 1. The topological polar surface area (TPSA) is 38.1 Å². The second-order valence-electron chi connectivity index (χ2n) is 5.44. The fraction of sp³-hybridized carbons (Fsp3) is 0.533. The van der Waals surface area contributed by atoms with Crippen molar-refractivity contribution in [2.75, 3.05) is 13.1 Å². The van der Waals surface area contributed by atoms with Gasteiger partial charge in [-0.1, -0.05) is 24.9 Å². The van der Waals surface area contributed by atoms with Crippen molar-refractivity contribution in [3.05, 3.63) is 29.1 Å². The minimum Gasteiger partial charge on any atom is -0.440 e. The van der Waals surface area contributed by atoms with Crippen LogP contribution < -0.4 is 5.32 Å². The molecule has 0 saturated carbocycles. The van der Waals surface area contributed by atoms with E-state index in [0.717, 1.165) is 49.3 Å². The molecule has 1 fully saturated rings. The monoisotopic (exact) mass is 278 g/mol. The molecule has 4 heteroatoms. The van der Waals surface area contributed by atoms with Crippen molar-refractivity contribution in [1.29, 1.82) is 0 Å². The molecule has 102 valence electrons. The number of nitrogens with zero attached hydrogens (tertiary/aromatic N) is 1. The minimum atomic E-state index is 0.0541. The first kappa shape index (κ1) is 12.9. The van der Waals surface area contributed by atoms with E-state index < -0.39 is 0 Å². The van der Waals surface area contributed by atoms with Crippen LogP contribution in [0.4, 0.5) is 0 Å². The van der Waals surface area contributed by atoms with Gasteiger partial charge in [0, 0.05) is 17.6 Å². The lowest BCUT2D eigenvalue weighted by Crippen LogP contribution is -2.43. The summed E-state index contributed by atoms with van der Waals surface area (Å²) in [5.41, 5.74) is 1.75. The van der Waals surface area contributed by atoms with Gasteiger partial charge in [-0.15, -0.1) is 0 Å². The summed E-state index contributed by atoms with van der Waals surface area (Å²) in [6, 6.07) is 5.64. The van der Waals surface area contributed by atoms with Crippen LogP contribution in [0.2, 0.25) is 5.02 Å². The Morgan fingerprint density at radius 1 is 1.47 bits per heavy atom. The highest BCUT2D eigenvalue weighted by Gasteiger charge is 2.37. The van der Waals surface area contributed by atoms with Gasteiger partial charge in [-0.25, -0.2) is 4.98 Å². The molecule has 19 heavy (non-hydrogen) atoms. The zero-order valence-corrected chi connectivity index (χ0v) is 12.0. The standard InChI is InChI=1S/C15H19ClN2O/c1-2-6-15(7-3-8-17-10-15)14-18-12-5-4-11(16)9-13(12)19-14/h4-5,9,17H,2-3,6-8,10H2,1H3. The Kier molecular flexibility index (Phi) is 3.50. The summed E-state index contributed by atoms with van der Waals surface area (Å²) < 4.78 is 6.01. The number of aromatic nitrogens is 1. The summed E-state index contributed by atoms with van der Waals surface area (Å²) in [4.78, 5) is 4.70. The first-order valence-corrected chi connectivity index (χ1v) is 7.39. The zero-order chi connectivity index (χ0) is 13.3. The van der Waals surface area contributed by atoms with Crippen molar-refractivity contribution in [1.82, 2.24) is 10.3 Å². The Bertz CT molecular complexity index is 567. The Balaban J connectivity index is 2.04. The van der Waals surface area contributed by atoms with Crippen molar-refractivity contribution < 1.29 is 4.42 Å². The smallest absolute Gasteiger partial charge is 0.202 e. The van der Waals surface area contributed by atoms with Gasteiger partial charge in [0.05, 0.1) is 5.41 Å². The van der Waals surface area contributed by atoms with Crippen LogP contribution in [-0.4, -0.2) is 18.1 Å². The van der Waals surface area contributed by atoms with Crippen LogP contribution in [0.15, 0.2) is 22.6 Å². The molecule has 2 heterocycles. The number of oxazole rings is 1. The van der Waals surface area contributed by atoms with Gasteiger partial charge in [0.15, 0.2) is 5.58 Å². The second kappa shape index (κ2) is 5.14. The largest absolute Gasteiger partial charge is 0.440 e. The van der Waals surface area contributed by atoms with E-state index in [9.17, 15) is 0 Å². The maximum atomic E-state index is 6.01. The first-order valence-electron chi connectivity index (χ1n) is 7.01. The van der Waals surface area contributed by atoms with Crippen LogP contribution in [0, 0.1) is 0 Å². The molecule has 1 atom stereocenters. The lowest BCUT2D eigenvalue weighted by Gasteiger charge is -2.34. The Morgan fingerprint density at radius 3 is 3.11 bits per heavy atom. The van der Waals surface area contributed by atoms with Gasteiger partial charge in [-0.2, -0.15) is 0 Å². The lowest BCUT2D eigenvalue weighted by atomic mass is 9.77. The van der Waals surface area contributed by atoms with Gasteiger partial charge in [-0.3, -0.25) is 0 Å². The fourth-order valence-corrected chi connectivity index (χ4v) is 3.24. The number of hydrogen-bond acceptors (Lipinski definition) is 3. The van der Waals surface area contributed by atoms with Gasteiger partial charge in [-0.05, 0) is 37.9 Å². The molecule has 1 aliphatic rings. The number of halogens is 1. The molecule has 1 aromatic carbocycles. The van der Waals surface area contributed by atoms with Crippen LogP contribution in [-0.2, 0) is 5.41 Å². The summed E-state index contributed by atoms with van der Waals surface area (Å²) in [6.07, 6.45) is 4.58. The Morgan fingerprint density at radius 2 is 2.37 bits per heavy atom. The first-order chi connectivity index (χ1) is 9.23. The highest BCUT2D eigenvalue weighted by molar-refractivity contribution is 6.31. The van der Waals surface area contributed by atoms with E-state index >= 15 is 0 Å². The molecule has 1 aliphatic heterocycles. The average molecular weight is 279 g/mol. The summed E-state index contributed by atoms with van der Waals surface area (Å²) >= 11 is 6.01. The SMILES string of the molecule is CCCC1(c2nc3ccc(Cl)cc3o2)CCCNC1. The van der Waals surface area contributed by atoms with E-state index in [-0.39, 0.29) is 5.41 Å². The third-order valence-electron chi connectivity index (χ3n) is 4.00. The number of fused-ring (bicyclic) bond motifs is 1. The molecular weight excluding hydrogens is 260 g/mol. The van der Waals surface area contributed by atoms with E-state index in [2.05, 4.69) is 12.2 Å². The molecule has 1 aromatic heterocycles. The van der Waals surface area contributed by atoms with E-state index in [0.29, 0.717) is 5.02 Å². The van der Waals surface area contributed by atoms with Crippen LogP contribution >= 0.6 is 11.6 Å². The van der Waals surface area contributed by atoms with E-state index in [1.54, 1.807) is 0 Å². The third kappa shape index (κ3) is 2.37. The van der Waals surface area contributed by atoms with Crippen molar-refractivity contribution in [2.24, 2.45) is 0 Å². The molecule has 2 aromatic rings. The molecule has 1 saturated heterocycles. The van der Waals surface area contributed by atoms with Gasteiger partial charge >= 0.3 is 0 Å². The maximum absolute atomic E-state index is 6.01. The quantitative estimate of drug-likeness (QED) is 0.925. The van der Waals surface area contributed by atoms with Gasteiger partial charge in [0.1, 0.15) is 5.52 Å². The van der Waals surface area contributed by atoms with Crippen molar-refractivity contribution in [2.45, 2.75) is 38.0 Å². The lowest BCUT2D eigenvalue weighted by molar-refractivity contribution is 0.239. The van der Waals surface area contributed by atoms with Crippen molar-refractivity contribution in [3.63, 3.8) is 0 Å². The molecule has 3 nitrogen and oxygen atoms in total. The Labute approximate surface area is 118 Å². The molecule has 3 rings (SSSR count).